The third kappa shape index (κ3) is 3.67. The van der Waals surface area contributed by atoms with Crippen LogP contribution >= 0.6 is 0 Å². The molecule has 1 aromatic heterocycles. The molecule has 0 saturated carbocycles. The summed E-state index contributed by atoms with van der Waals surface area (Å²) >= 11 is 0. The Kier molecular flexibility index (Phi) is 5.16. The van der Waals surface area contributed by atoms with Crippen molar-refractivity contribution >= 4 is 5.91 Å². The van der Waals surface area contributed by atoms with Crippen LogP contribution in [0, 0.1) is 12.7 Å². The van der Waals surface area contributed by atoms with Gasteiger partial charge in [-0.15, -0.1) is 0 Å². The first-order valence-corrected chi connectivity index (χ1v) is 8.72. The third-order valence-electron chi connectivity index (χ3n) is 4.36. The second-order valence-electron chi connectivity index (χ2n) is 6.42. The Balaban J connectivity index is 2.10. The molecule has 3 rings (SSSR count). The highest BCUT2D eigenvalue weighted by molar-refractivity contribution is 5.94. The van der Waals surface area contributed by atoms with E-state index in [1.165, 1.54) is 6.07 Å². The molecule has 1 N–H and O–H groups in total. The molecule has 4 nitrogen and oxygen atoms in total. The van der Waals surface area contributed by atoms with Crippen molar-refractivity contribution in [1.29, 1.82) is 0 Å². The van der Waals surface area contributed by atoms with Crippen LogP contribution in [0.25, 0.3) is 16.9 Å². The van der Waals surface area contributed by atoms with Crippen molar-refractivity contribution in [2.45, 2.75) is 33.2 Å². The molecule has 1 unspecified atom stereocenters. The summed E-state index contributed by atoms with van der Waals surface area (Å²) in [4.78, 5) is 12.7. The van der Waals surface area contributed by atoms with Gasteiger partial charge in [0, 0.05) is 11.6 Å². The predicted octanol–water partition coefficient (Wildman–Crippen LogP) is 4.52. The van der Waals surface area contributed by atoms with Crippen LogP contribution in [0.3, 0.4) is 0 Å². The van der Waals surface area contributed by atoms with E-state index in [0.717, 1.165) is 17.7 Å². The van der Waals surface area contributed by atoms with Gasteiger partial charge in [0.2, 0.25) is 0 Å². The fourth-order valence-corrected chi connectivity index (χ4v) is 2.63. The second-order valence-corrected chi connectivity index (χ2v) is 6.42. The number of nitrogens with one attached hydrogen (secondary N) is 1. The minimum atomic E-state index is -0.366. The quantitative estimate of drug-likeness (QED) is 0.735. The zero-order valence-corrected chi connectivity index (χ0v) is 15.2. The maximum atomic E-state index is 14.2. The third-order valence-corrected chi connectivity index (χ3v) is 4.36. The number of rotatable bonds is 5. The van der Waals surface area contributed by atoms with Crippen molar-refractivity contribution in [1.82, 2.24) is 15.1 Å². The zero-order valence-electron chi connectivity index (χ0n) is 15.2. The fraction of sp³-hybridized carbons (Fsp3) is 0.238. The van der Waals surface area contributed by atoms with Gasteiger partial charge in [0.05, 0.1) is 11.4 Å². The van der Waals surface area contributed by atoms with Crippen molar-refractivity contribution in [2.24, 2.45) is 0 Å². The lowest BCUT2D eigenvalue weighted by atomic mass is 10.1. The van der Waals surface area contributed by atoms with Gasteiger partial charge in [-0.1, -0.05) is 36.8 Å². The van der Waals surface area contributed by atoms with Crippen LogP contribution in [-0.4, -0.2) is 21.7 Å². The molecule has 0 bridgehead atoms. The highest BCUT2D eigenvalue weighted by atomic mass is 19.1. The Bertz CT molecular complexity index is 915. The van der Waals surface area contributed by atoms with Crippen molar-refractivity contribution in [3.63, 3.8) is 0 Å². The average Bonchev–Trinajstić information content (AvgIpc) is 3.08. The van der Waals surface area contributed by atoms with Gasteiger partial charge >= 0.3 is 0 Å². The van der Waals surface area contributed by atoms with E-state index >= 15 is 0 Å². The maximum absolute atomic E-state index is 14.2. The van der Waals surface area contributed by atoms with Crippen molar-refractivity contribution < 1.29 is 9.18 Å². The van der Waals surface area contributed by atoms with E-state index in [2.05, 4.69) is 10.4 Å². The van der Waals surface area contributed by atoms with Crippen molar-refractivity contribution in [2.75, 3.05) is 0 Å². The zero-order chi connectivity index (χ0) is 18.7. The standard InChI is InChI=1S/C21H22FN3O/c1-4-15(3)23-21(26)20-13-19(17-7-5-6-8-18(17)22)24-25(20)16-11-9-14(2)10-12-16/h5-13,15H,4H2,1-3H3,(H,23,26). The van der Waals surface area contributed by atoms with E-state index < -0.39 is 0 Å². The minimum absolute atomic E-state index is 0.0424. The largest absolute Gasteiger partial charge is 0.348 e. The summed E-state index contributed by atoms with van der Waals surface area (Å²) in [6.45, 7) is 5.95. The number of nitrogens with zero attached hydrogens (tertiary/aromatic N) is 2. The summed E-state index contributed by atoms with van der Waals surface area (Å²) in [6.07, 6.45) is 0.824. The summed E-state index contributed by atoms with van der Waals surface area (Å²) in [7, 11) is 0. The molecular formula is C21H22FN3O. The number of halogens is 1. The Labute approximate surface area is 152 Å². The first kappa shape index (κ1) is 17.9. The van der Waals surface area contributed by atoms with Crippen LogP contribution in [-0.2, 0) is 0 Å². The molecule has 0 aliphatic carbocycles. The molecule has 1 atom stereocenters. The summed E-state index contributed by atoms with van der Waals surface area (Å²) in [5.74, 6) is -0.593. The van der Waals surface area contributed by atoms with Crippen LogP contribution in [0.5, 0.6) is 0 Å². The van der Waals surface area contributed by atoms with Crippen LogP contribution < -0.4 is 5.32 Å². The first-order chi connectivity index (χ1) is 12.5. The van der Waals surface area contributed by atoms with E-state index in [1.54, 1.807) is 28.9 Å². The van der Waals surface area contributed by atoms with Crippen molar-refractivity contribution in [3.8, 4) is 16.9 Å². The number of hydrogen-bond donors (Lipinski definition) is 1. The molecule has 2 aromatic carbocycles. The molecule has 5 heteroatoms. The summed E-state index contributed by atoms with van der Waals surface area (Å²) in [6, 6.07) is 15.8. The molecule has 0 spiro atoms. The van der Waals surface area contributed by atoms with E-state index in [0.29, 0.717) is 17.0 Å². The van der Waals surface area contributed by atoms with Crippen LogP contribution in [0.2, 0.25) is 0 Å². The van der Waals surface area contributed by atoms with Gasteiger partial charge in [-0.2, -0.15) is 5.10 Å². The van der Waals surface area contributed by atoms with Gasteiger partial charge in [-0.05, 0) is 50.6 Å². The average molecular weight is 351 g/mol. The predicted molar refractivity (Wildman–Crippen MR) is 101 cm³/mol. The van der Waals surface area contributed by atoms with E-state index in [4.69, 9.17) is 0 Å². The number of benzene rings is 2. The molecular weight excluding hydrogens is 329 g/mol. The molecule has 26 heavy (non-hydrogen) atoms. The molecule has 0 radical (unpaired) electrons. The minimum Gasteiger partial charge on any atom is -0.348 e. The highest BCUT2D eigenvalue weighted by Gasteiger charge is 2.20. The highest BCUT2D eigenvalue weighted by Crippen LogP contribution is 2.24. The number of hydrogen-bond acceptors (Lipinski definition) is 2. The molecule has 0 fully saturated rings. The SMILES string of the molecule is CCC(C)NC(=O)c1cc(-c2ccccc2F)nn1-c1ccc(C)cc1. The van der Waals surface area contributed by atoms with Gasteiger partial charge in [-0.3, -0.25) is 4.79 Å². The molecule has 1 heterocycles. The van der Waals surface area contributed by atoms with Gasteiger partial charge in [0.15, 0.2) is 0 Å². The van der Waals surface area contributed by atoms with Crippen LogP contribution in [0.4, 0.5) is 4.39 Å². The maximum Gasteiger partial charge on any atom is 0.270 e. The Morgan fingerprint density at radius 2 is 1.88 bits per heavy atom. The second kappa shape index (κ2) is 7.52. The molecule has 0 aliphatic heterocycles. The van der Waals surface area contributed by atoms with Crippen LogP contribution in [0.1, 0.15) is 36.3 Å². The monoisotopic (exact) mass is 351 g/mol. The number of carbonyl (C=O) groups excluding carboxylic acids is 1. The fourth-order valence-electron chi connectivity index (χ4n) is 2.63. The Hall–Kier alpha value is -2.95. The number of amides is 1. The molecule has 1 amide bonds. The number of aromatic nitrogens is 2. The van der Waals surface area contributed by atoms with E-state index in [9.17, 15) is 9.18 Å². The van der Waals surface area contributed by atoms with E-state index in [1.807, 2.05) is 45.0 Å². The lowest BCUT2D eigenvalue weighted by molar-refractivity contribution is 0.0931. The number of carbonyl (C=O) groups is 1. The number of aryl methyl sites for hydroxylation is 1. The summed E-state index contributed by atoms with van der Waals surface area (Å²) in [5.41, 5.74) is 3.05. The summed E-state index contributed by atoms with van der Waals surface area (Å²) in [5, 5.41) is 7.46. The van der Waals surface area contributed by atoms with Crippen LogP contribution in [0.15, 0.2) is 54.6 Å². The smallest absolute Gasteiger partial charge is 0.270 e. The Morgan fingerprint density at radius 1 is 1.19 bits per heavy atom. The van der Waals surface area contributed by atoms with Gasteiger partial charge < -0.3 is 5.32 Å². The Morgan fingerprint density at radius 3 is 2.54 bits per heavy atom. The van der Waals surface area contributed by atoms with Gasteiger partial charge in [0.1, 0.15) is 11.5 Å². The summed E-state index contributed by atoms with van der Waals surface area (Å²) < 4.78 is 15.8. The molecule has 0 aliphatic rings. The topological polar surface area (TPSA) is 46.9 Å². The lowest BCUT2D eigenvalue weighted by Crippen LogP contribution is -2.33. The van der Waals surface area contributed by atoms with E-state index in [-0.39, 0.29) is 17.8 Å². The normalized spacial score (nSPS) is 12.0. The van der Waals surface area contributed by atoms with Gasteiger partial charge in [0.25, 0.3) is 5.91 Å². The van der Waals surface area contributed by atoms with Crippen molar-refractivity contribution in [3.05, 3.63) is 71.7 Å². The molecule has 3 aromatic rings. The first-order valence-electron chi connectivity index (χ1n) is 8.72. The lowest BCUT2D eigenvalue weighted by Gasteiger charge is -2.12. The molecule has 134 valence electrons. The van der Waals surface area contributed by atoms with Gasteiger partial charge in [-0.25, -0.2) is 9.07 Å². The molecule has 0 saturated heterocycles.